The number of nitrogens with one attached hydrogen (secondary N) is 1. The van der Waals surface area contributed by atoms with Gasteiger partial charge >= 0.3 is 5.97 Å². The van der Waals surface area contributed by atoms with Crippen LogP contribution in [0.5, 0.6) is 11.5 Å². The Labute approximate surface area is 169 Å². The van der Waals surface area contributed by atoms with Gasteiger partial charge < -0.3 is 30.4 Å². The number of aliphatic hydroxyl groups excluding tert-OH is 1. The molecule has 8 heteroatoms. The SMILES string of the molecule is COC(=O)C(Cc1ccc(OC)c(OCc2ccccc2)c1)NC(=O)C(N)CO. The van der Waals surface area contributed by atoms with Crippen molar-refractivity contribution in [2.75, 3.05) is 20.8 Å². The molecule has 2 aromatic carbocycles. The van der Waals surface area contributed by atoms with Gasteiger partial charge in [0.2, 0.25) is 5.91 Å². The summed E-state index contributed by atoms with van der Waals surface area (Å²) in [5, 5.41) is 11.5. The fourth-order valence-corrected chi connectivity index (χ4v) is 2.63. The molecular formula is C21H26N2O6. The molecule has 1 amide bonds. The first kappa shape index (κ1) is 22.2. The minimum Gasteiger partial charge on any atom is -0.493 e. The number of aliphatic hydroxyl groups is 1. The zero-order chi connectivity index (χ0) is 21.2. The Morgan fingerprint density at radius 1 is 1.07 bits per heavy atom. The number of ether oxygens (including phenoxy) is 3. The maximum Gasteiger partial charge on any atom is 0.328 e. The number of amides is 1. The van der Waals surface area contributed by atoms with Gasteiger partial charge in [0.1, 0.15) is 18.7 Å². The highest BCUT2D eigenvalue weighted by atomic mass is 16.5. The van der Waals surface area contributed by atoms with E-state index in [9.17, 15) is 9.59 Å². The van der Waals surface area contributed by atoms with E-state index in [4.69, 9.17) is 25.1 Å². The van der Waals surface area contributed by atoms with Crippen molar-refractivity contribution in [2.24, 2.45) is 5.73 Å². The predicted molar refractivity (Wildman–Crippen MR) is 106 cm³/mol. The second-order valence-corrected chi connectivity index (χ2v) is 6.34. The van der Waals surface area contributed by atoms with E-state index in [0.29, 0.717) is 18.1 Å². The Morgan fingerprint density at radius 2 is 1.79 bits per heavy atom. The lowest BCUT2D eigenvalue weighted by atomic mass is 10.0. The van der Waals surface area contributed by atoms with Gasteiger partial charge in [-0.3, -0.25) is 4.79 Å². The van der Waals surface area contributed by atoms with Crippen LogP contribution in [0.3, 0.4) is 0 Å². The maximum absolute atomic E-state index is 12.1. The number of carbonyl (C=O) groups excluding carboxylic acids is 2. The molecule has 0 aromatic heterocycles. The molecule has 0 aliphatic carbocycles. The minimum atomic E-state index is -1.12. The zero-order valence-electron chi connectivity index (χ0n) is 16.5. The molecule has 2 rings (SSSR count). The topological polar surface area (TPSA) is 120 Å². The highest BCUT2D eigenvalue weighted by Crippen LogP contribution is 2.29. The molecule has 0 bridgehead atoms. The number of rotatable bonds is 10. The van der Waals surface area contributed by atoms with Crippen molar-refractivity contribution in [3.8, 4) is 11.5 Å². The highest BCUT2D eigenvalue weighted by molar-refractivity contribution is 5.87. The van der Waals surface area contributed by atoms with Crippen LogP contribution in [0.4, 0.5) is 0 Å². The third kappa shape index (κ3) is 6.48. The summed E-state index contributed by atoms with van der Waals surface area (Å²) < 4.78 is 16.0. The van der Waals surface area contributed by atoms with Crippen LogP contribution >= 0.6 is 0 Å². The first-order valence-corrected chi connectivity index (χ1v) is 9.06. The van der Waals surface area contributed by atoms with Crippen molar-refractivity contribution in [3.05, 3.63) is 59.7 Å². The summed E-state index contributed by atoms with van der Waals surface area (Å²) in [7, 11) is 2.77. The van der Waals surface area contributed by atoms with E-state index in [-0.39, 0.29) is 6.42 Å². The zero-order valence-corrected chi connectivity index (χ0v) is 16.5. The number of nitrogens with two attached hydrogens (primary N) is 1. The summed E-state index contributed by atoms with van der Waals surface area (Å²) in [6, 6.07) is 12.8. The Kier molecular flexibility index (Phi) is 8.45. The molecule has 156 valence electrons. The van der Waals surface area contributed by atoms with Gasteiger partial charge in [0.15, 0.2) is 11.5 Å². The Hall–Kier alpha value is -3.10. The second-order valence-electron chi connectivity index (χ2n) is 6.34. The third-order valence-electron chi connectivity index (χ3n) is 4.24. The highest BCUT2D eigenvalue weighted by Gasteiger charge is 2.25. The largest absolute Gasteiger partial charge is 0.493 e. The van der Waals surface area contributed by atoms with Gasteiger partial charge in [-0.1, -0.05) is 36.4 Å². The van der Waals surface area contributed by atoms with E-state index in [1.807, 2.05) is 30.3 Å². The molecule has 0 saturated carbocycles. The summed E-state index contributed by atoms with van der Waals surface area (Å²) in [6.07, 6.45) is 0.155. The van der Waals surface area contributed by atoms with Crippen molar-refractivity contribution in [1.82, 2.24) is 5.32 Å². The Morgan fingerprint density at radius 3 is 2.41 bits per heavy atom. The number of benzene rings is 2. The van der Waals surface area contributed by atoms with Crippen LogP contribution in [-0.4, -0.2) is 49.9 Å². The monoisotopic (exact) mass is 402 g/mol. The standard InChI is InChI=1S/C21H26N2O6/c1-27-18-9-8-15(11-19(18)29-13-14-6-4-3-5-7-14)10-17(21(26)28-2)23-20(25)16(22)12-24/h3-9,11,16-17,24H,10,12-13,22H2,1-2H3,(H,23,25). The molecule has 2 atom stereocenters. The molecule has 2 unspecified atom stereocenters. The fourth-order valence-electron chi connectivity index (χ4n) is 2.63. The lowest BCUT2D eigenvalue weighted by molar-refractivity contribution is -0.145. The fraction of sp³-hybridized carbons (Fsp3) is 0.333. The normalized spacial score (nSPS) is 12.6. The van der Waals surface area contributed by atoms with Gasteiger partial charge in [0, 0.05) is 6.42 Å². The van der Waals surface area contributed by atoms with E-state index in [1.54, 1.807) is 18.2 Å². The van der Waals surface area contributed by atoms with E-state index in [2.05, 4.69) is 5.32 Å². The first-order chi connectivity index (χ1) is 14.0. The van der Waals surface area contributed by atoms with Crippen molar-refractivity contribution >= 4 is 11.9 Å². The Bertz CT molecular complexity index is 812. The summed E-state index contributed by atoms with van der Waals surface area (Å²) in [6.45, 7) is -0.178. The van der Waals surface area contributed by atoms with Crippen LogP contribution in [0.15, 0.2) is 48.5 Å². The van der Waals surface area contributed by atoms with Gasteiger partial charge in [-0.05, 0) is 23.3 Å². The molecule has 4 N–H and O–H groups in total. The average molecular weight is 402 g/mol. The molecule has 8 nitrogen and oxygen atoms in total. The number of esters is 1. The lowest BCUT2D eigenvalue weighted by Crippen LogP contribution is -2.50. The molecule has 29 heavy (non-hydrogen) atoms. The van der Waals surface area contributed by atoms with Crippen molar-refractivity contribution in [3.63, 3.8) is 0 Å². The van der Waals surface area contributed by atoms with Crippen LogP contribution in [0.1, 0.15) is 11.1 Å². The molecule has 2 aromatic rings. The van der Waals surface area contributed by atoms with E-state index < -0.39 is 30.6 Å². The molecule has 0 aliphatic rings. The van der Waals surface area contributed by atoms with Crippen molar-refractivity contribution in [1.29, 1.82) is 0 Å². The maximum atomic E-state index is 12.1. The molecule has 0 heterocycles. The number of hydrogen-bond donors (Lipinski definition) is 3. The summed E-state index contributed by atoms with van der Waals surface area (Å²) in [5.74, 6) is -0.204. The van der Waals surface area contributed by atoms with Crippen LogP contribution in [0, 0.1) is 0 Å². The number of carbonyl (C=O) groups is 2. The van der Waals surface area contributed by atoms with Crippen LogP contribution in [0.2, 0.25) is 0 Å². The first-order valence-electron chi connectivity index (χ1n) is 9.06. The molecule has 0 aliphatic heterocycles. The second kappa shape index (κ2) is 11.0. The smallest absolute Gasteiger partial charge is 0.328 e. The van der Waals surface area contributed by atoms with Gasteiger partial charge in [-0.2, -0.15) is 0 Å². The average Bonchev–Trinajstić information content (AvgIpc) is 2.76. The molecular weight excluding hydrogens is 376 g/mol. The van der Waals surface area contributed by atoms with Gasteiger partial charge in [-0.25, -0.2) is 4.79 Å². The summed E-state index contributed by atoms with van der Waals surface area (Å²) >= 11 is 0. The Balaban J connectivity index is 2.16. The van der Waals surface area contributed by atoms with Crippen LogP contribution in [0.25, 0.3) is 0 Å². The van der Waals surface area contributed by atoms with E-state index in [1.165, 1.54) is 14.2 Å². The van der Waals surface area contributed by atoms with Gasteiger partial charge in [-0.15, -0.1) is 0 Å². The summed E-state index contributed by atoms with van der Waals surface area (Å²) in [4.78, 5) is 24.1. The minimum absolute atomic E-state index is 0.155. The molecule has 0 saturated heterocycles. The quantitative estimate of drug-likeness (QED) is 0.503. The third-order valence-corrected chi connectivity index (χ3v) is 4.24. The van der Waals surface area contributed by atoms with Crippen LogP contribution in [-0.2, 0) is 27.4 Å². The van der Waals surface area contributed by atoms with E-state index >= 15 is 0 Å². The van der Waals surface area contributed by atoms with E-state index in [0.717, 1.165) is 11.1 Å². The number of hydrogen-bond acceptors (Lipinski definition) is 7. The summed E-state index contributed by atoms with van der Waals surface area (Å²) in [5.41, 5.74) is 7.23. The van der Waals surface area contributed by atoms with Crippen molar-refractivity contribution < 1.29 is 28.9 Å². The van der Waals surface area contributed by atoms with Gasteiger partial charge in [0.25, 0.3) is 0 Å². The molecule has 0 spiro atoms. The lowest BCUT2D eigenvalue weighted by Gasteiger charge is -2.19. The number of methoxy groups -OCH3 is 2. The van der Waals surface area contributed by atoms with Crippen LogP contribution < -0.4 is 20.5 Å². The molecule has 0 fully saturated rings. The predicted octanol–water partition coefficient (Wildman–Crippen LogP) is 0.794. The molecule has 0 radical (unpaired) electrons. The van der Waals surface area contributed by atoms with Gasteiger partial charge in [0.05, 0.1) is 20.8 Å². The van der Waals surface area contributed by atoms with Crippen molar-refractivity contribution in [2.45, 2.75) is 25.1 Å².